The van der Waals surface area contributed by atoms with Crippen molar-refractivity contribution < 1.29 is 9.72 Å². The number of unbranched alkanes of at least 4 members (excludes halogenated alkanes) is 4. The lowest BCUT2D eigenvalue weighted by Crippen LogP contribution is -2.36. The van der Waals surface area contributed by atoms with E-state index in [0.717, 1.165) is 50.0 Å². The highest BCUT2D eigenvalue weighted by molar-refractivity contribution is 5.56. The number of anilines is 1. The van der Waals surface area contributed by atoms with Crippen molar-refractivity contribution in [1.29, 1.82) is 5.26 Å². The number of nitrogens with zero attached hydrogens (tertiary/aromatic N) is 1. The lowest BCUT2D eigenvalue weighted by molar-refractivity contribution is -0.376. The first-order valence-corrected chi connectivity index (χ1v) is 9.90. The molecule has 0 radical (unpaired) electrons. The van der Waals surface area contributed by atoms with Crippen LogP contribution < -0.4 is 10.3 Å². The predicted molar refractivity (Wildman–Crippen MR) is 102 cm³/mol. The summed E-state index contributed by atoms with van der Waals surface area (Å²) in [4.78, 5) is 3.53. The number of rotatable bonds is 9. The van der Waals surface area contributed by atoms with Crippen molar-refractivity contribution in [1.82, 2.24) is 0 Å². The molecule has 1 aliphatic heterocycles. The van der Waals surface area contributed by atoms with Crippen molar-refractivity contribution in [2.45, 2.75) is 91.3 Å². The van der Waals surface area contributed by atoms with Gasteiger partial charge in [-0.1, -0.05) is 33.1 Å². The Balaban J connectivity index is 2.29. The van der Waals surface area contributed by atoms with Gasteiger partial charge in [0.2, 0.25) is 0 Å². The van der Waals surface area contributed by atoms with E-state index < -0.39 is 0 Å². The fourth-order valence-corrected chi connectivity index (χ4v) is 3.47. The van der Waals surface area contributed by atoms with Crippen LogP contribution in [0, 0.1) is 11.3 Å². The van der Waals surface area contributed by atoms with Gasteiger partial charge in [-0.25, -0.2) is 4.98 Å². The molecule has 0 bridgehead atoms. The second-order valence-corrected chi connectivity index (χ2v) is 7.74. The SMILES string of the molecule is CCCCCCNc1[nH+]c(CCCC)c2c(c1C#N)CC(C)(C)OC2. The summed E-state index contributed by atoms with van der Waals surface area (Å²) in [6.07, 6.45) is 9.01. The highest BCUT2D eigenvalue weighted by Crippen LogP contribution is 2.33. The summed E-state index contributed by atoms with van der Waals surface area (Å²) in [6, 6.07) is 2.45. The van der Waals surface area contributed by atoms with Gasteiger partial charge in [0.15, 0.2) is 0 Å². The summed E-state index contributed by atoms with van der Waals surface area (Å²) in [5.41, 5.74) is 4.20. The van der Waals surface area contributed by atoms with Gasteiger partial charge < -0.3 is 4.74 Å². The van der Waals surface area contributed by atoms with Crippen LogP contribution in [0.15, 0.2) is 0 Å². The molecular formula is C21H34N3O+. The monoisotopic (exact) mass is 344 g/mol. The van der Waals surface area contributed by atoms with Crippen molar-refractivity contribution in [3.63, 3.8) is 0 Å². The molecule has 138 valence electrons. The molecule has 0 unspecified atom stereocenters. The van der Waals surface area contributed by atoms with Gasteiger partial charge in [-0.05, 0) is 38.7 Å². The van der Waals surface area contributed by atoms with Crippen LogP contribution in [-0.2, 0) is 24.2 Å². The zero-order valence-corrected chi connectivity index (χ0v) is 16.4. The summed E-state index contributed by atoms with van der Waals surface area (Å²) in [6.45, 7) is 10.2. The molecule has 0 spiro atoms. The van der Waals surface area contributed by atoms with Crippen LogP contribution in [0.25, 0.3) is 0 Å². The number of H-pyrrole nitrogens is 1. The number of fused-ring (bicyclic) bond motifs is 1. The van der Waals surface area contributed by atoms with Crippen LogP contribution in [0.3, 0.4) is 0 Å². The molecule has 2 rings (SSSR count). The van der Waals surface area contributed by atoms with Gasteiger partial charge in [-0.3, -0.25) is 5.32 Å². The van der Waals surface area contributed by atoms with Crippen molar-refractivity contribution in [3.8, 4) is 6.07 Å². The van der Waals surface area contributed by atoms with E-state index in [0.29, 0.717) is 6.61 Å². The second kappa shape index (κ2) is 9.20. The Morgan fingerprint density at radius 2 is 1.88 bits per heavy atom. The Labute approximate surface area is 153 Å². The van der Waals surface area contributed by atoms with Crippen molar-refractivity contribution in [2.75, 3.05) is 11.9 Å². The zero-order valence-electron chi connectivity index (χ0n) is 16.4. The summed E-state index contributed by atoms with van der Waals surface area (Å²) in [7, 11) is 0. The van der Waals surface area contributed by atoms with E-state index in [4.69, 9.17) is 4.74 Å². The molecule has 4 heteroatoms. The van der Waals surface area contributed by atoms with Gasteiger partial charge in [0, 0.05) is 18.4 Å². The van der Waals surface area contributed by atoms with E-state index in [2.05, 4.69) is 44.1 Å². The standard InChI is InChI=1S/C21H33N3O/c1-5-7-9-10-12-23-20-17(14-22)16-13-21(3,4)25-15-18(16)19(24-20)11-8-6-2/h5-13,15H2,1-4H3,(H,23,24)/p+1. The van der Waals surface area contributed by atoms with Crippen LogP contribution in [-0.4, -0.2) is 12.1 Å². The maximum atomic E-state index is 9.80. The molecule has 0 aromatic carbocycles. The van der Waals surface area contributed by atoms with E-state index in [9.17, 15) is 5.26 Å². The predicted octanol–water partition coefficient (Wildman–Crippen LogP) is 4.56. The molecule has 25 heavy (non-hydrogen) atoms. The molecule has 0 atom stereocenters. The molecule has 0 fully saturated rings. The summed E-state index contributed by atoms with van der Waals surface area (Å²) >= 11 is 0. The van der Waals surface area contributed by atoms with Crippen LogP contribution in [0.4, 0.5) is 5.82 Å². The average Bonchev–Trinajstić information content (AvgIpc) is 2.58. The third-order valence-corrected chi connectivity index (χ3v) is 4.99. The van der Waals surface area contributed by atoms with Gasteiger partial charge in [-0.2, -0.15) is 5.26 Å². The van der Waals surface area contributed by atoms with Crippen molar-refractivity contribution >= 4 is 5.82 Å². The maximum Gasteiger partial charge on any atom is 0.290 e. The number of hydrogen-bond donors (Lipinski definition) is 1. The number of aryl methyl sites for hydroxylation is 1. The molecule has 0 saturated carbocycles. The topological polar surface area (TPSA) is 59.2 Å². The number of nitrogens with one attached hydrogen (secondary N) is 2. The molecular weight excluding hydrogens is 310 g/mol. The minimum atomic E-state index is -0.208. The van der Waals surface area contributed by atoms with E-state index in [1.807, 2.05) is 0 Å². The minimum Gasteiger partial charge on any atom is -0.370 e. The second-order valence-electron chi connectivity index (χ2n) is 7.74. The number of pyridine rings is 1. The van der Waals surface area contributed by atoms with Crippen molar-refractivity contribution in [3.05, 3.63) is 22.4 Å². The Kier molecular flexibility index (Phi) is 7.25. The Morgan fingerprint density at radius 3 is 2.56 bits per heavy atom. The summed E-state index contributed by atoms with van der Waals surface area (Å²) < 4.78 is 6.03. The largest absolute Gasteiger partial charge is 0.370 e. The van der Waals surface area contributed by atoms with Gasteiger partial charge in [-0.15, -0.1) is 0 Å². The quantitative estimate of drug-likeness (QED) is 0.668. The molecule has 0 saturated heterocycles. The highest BCUT2D eigenvalue weighted by Gasteiger charge is 2.33. The maximum absolute atomic E-state index is 9.80. The Bertz CT molecular complexity index is 617. The zero-order chi connectivity index (χ0) is 18.3. The molecule has 0 amide bonds. The number of hydrogen-bond acceptors (Lipinski definition) is 3. The van der Waals surface area contributed by atoms with Gasteiger partial charge in [0.25, 0.3) is 5.82 Å². The first-order chi connectivity index (χ1) is 12.0. The first-order valence-electron chi connectivity index (χ1n) is 9.90. The summed E-state index contributed by atoms with van der Waals surface area (Å²) in [5, 5.41) is 13.3. The molecule has 2 N–H and O–H groups in total. The first kappa shape index (κ1) is 19.7. The van der Waals surface area contributed by atoms with Gasteiger partial charge in [0.1, 0.15) is 17.3 Å². The average molecular weight is 345 g/mol. The molecule has 1 aromatic heterocycles. The Morgan fingerprint density at radius 1 is 1.12 bits per heavy atom. The number of ether oxygens (including phenoxy) is 1. The Hall–Kier alpha value is -1.60. The number of nitriles is 1. The van der Waals surface area contributed by atoms with Gasteiger partial charge in [0.05, 0.1) is 18.8 Å². The third kappa shape index (κ3) is 5.19. The third-order valence-electron chi connectivity index (χ3n) is 4.99. The number of aromatic amines is 1. The molecule has 0 aliphatic carbocycles. The smallest absolute Gasteiger partial charge is 0.290 e. The lowest BCUT2D eigenvalue weighted by atomic mass is 9.87. The van der Waals surface area contributed by atoms with Gasteiger partial charge >= 0.3 is 0 Å². The van der Waals surface area contributed by atoms with E-state index in [1.54, 1.807) is 0 Å². The van der Waals surface area contributed by atoms with Crippen LogP contribution >= 0.6 is 0 Å². The minimum absolute atomic E-state index is 0.208. The van der Waals surface area contributed by atoms with E-state index >= 15 is 0 Å². The molecule has 1 aromatic rings. The van der Waals surface area contributed by atoms with Crippen LogP contribution in [0.5, 0.6) is 0 Å². The molecule has 1 aliphatic rings. The fraction of sp³-hybridized carbons (Fsp3) is 0.714. The molecule has 2 heterocycles. The van der Waals surface area contributed by atoms with Crippen molar-refractivity contribution in [2.24, 2.45) is 0 Å². The van der Waals surface area contributed by atoms with Crippen LogP contribution in [0.2, 0.25) is 0 Å². The number of aromatic nitrogens is 1. The van der Waals surface area contributed by atoms with Crippen LogP contribution in [0.1, 0.15) is 88.6 Å². The van der Waals surface area contributed by atoms with E-state index in [-0.39, 0.29) is 5.60 Å². The fourth-order valence-electron chi connectivity index (χ4n) is 3.47. The normalized spacial score (nSPS) is 15.5. The van der Waals surface area contributed by atoms with E-state index in [1.165, 1.54) is 36.1 Å². The summed E-state index contributed by atoms with van der Waals surface area (Å²) in [5.74, 6) is 0.904. The highest BCUT2D eigenvalue weighted by atomic mass is 16.5. The molecule has 4 nitrogen and oxygen atoms in total. The lowest BCUT2D eigenvalue weighted by Gasteiger charge is -2.32.